The van der Waals surface area contributed by atoms with Crippen molar-refractivity contribution < 1.29 is 19.1 Å². The average Bonchev–Trinajstić information content (AvgIpc) is 2.56. The van der Waals surface area contributed by atoms with Crippen molar-refractivity contribution in [3.05, 3.63) is 52.5 Å². The van der Waals surface area contributed by atoms with E-state index in [4.69, 9.17) is 26.8 Å². The van der Waals surface area contributed by atoms with E-state index in [1.807, 2.05) is 6.92 Å². The minimum absolute atomic E-state index is 0.271. The molecule has 0 atom stereocenters. The smallest absolute Gasteiger partial charge is 0.255 e. The zero-order valence-corrected chi connectivity index (χ0v) is 14.0. The molecule has 0 aliphatic rings. The highest BCUT2D eigenvalue weighted by Gasteiger charge is 2.16. The Hall–Kier alpha value is -2.73. The normalized spacial score (nSPS) is 10.1. The van der Waals surface area contributed by atoms with E-state index >= 15 is 0 Å². The Morgan fingerprint density at radius 3 is 2.58 bits per heavy atom. The molecule has 0 aromatic heterocycles. The van der Waals surface area contributed by atoms with Crippen LogP contribution in [0.4, 0.5) is 5.69 Å². The van der Waals surface area contributed by atoms with E-state index in [1.165, 1.54) is 25.3 Å². The maximum absolute atomic E-state index is 12.4. The first-order chi connectivity index (χ1) is 11.5. The largest absolute Gasteiger partial charge is 0.493 e. The summed E-state index contributed by atoms with van der Waals surface area (Å²) in [6, 6.07) is 9.36. The molecule has 2 aromatic rings. The lowest BCUT2D eigenvalue weighted by molar-refractivity contribution is 0.0996. The van der Waals surface area contributed by atoms with Gasteiger partial charge in [0.2, 0.25) is 5.91 Å². The average molecular weight is 349 g/mol. The second-order valence-electron chi connectivity index (χ2n) is 4.82. The molecular weight excluding hydrogens is 332 g/mol. The molecule has 0 saturated heterocycles. The van der Waals surface area contributed by atoms with Crippen molar-refractivity contribution in [1.29, 1.82) is 0 Å². The fourth-order valence-corrected chi connectivity index (χ4v) is 2.35. The number of nitrogens with two attached hydrogens (primary N) is 1. The molecule has 0 aliphatic heterocycles. The lowest BCUT2D eigenvalue weighted by Gasteiger charge is -2.13. The molecule has 7 heteroatoms. The van der Waals surface area contributed by atoms with Crippen molar-refractivity contribution in [2.24, 2.45) is 5.73 Å². The Kier molecular flexibility index (Phi) is 5.65. The van der Waals surface area contributed by atoms with E-state index < -0.39 is 11.8 Å². The zero-order valence-electron chi connectivity index (χ0n) is 13.3. The van der Waals surface area contributed by atoms with Crippen LogP contribution in [0, 0.1) is 0 Å². The van der Waals surface area contributed by atoms with E-state index in [0.717, 1.165) is 0 Å². The van der Waals surface area contributed by atoms with Gasteiger partial charge >= 0.3 is 0 Å². The molecule has 0 heterocycles. The van der Waals surface area contributed by atoms with Crippen molar-refractivity contribution in [1.82, 2.24) is 0 Å². The van der Waals surface area contributed by atoms with Gasteiger partial charge < -0.3 is 20.5 Å². The highest BCUT2D eigenvalue weighted by molar-refractivity contribution is 6.32. The van der Waals surface area contributed by atoms with Crippen molar-refractivity contribution in [2.45, 2.75) is 6.92 Å². The monoisotopic (exact) mass is 348 g/mol. The van der Waals surface area contributed by atoms with Gasteiger partial charge in [-0.25, -0.2) is 0 Å². The maximum Gasteiger partial charge on any atom is 0.255 e. The maximum atomic E-state index is 12.4. The number of rotatable bonds is 6. The molecule has 0 radical (unpaired) electrons. The Labute approximate surface area is 144 Å². The van der Waals surface area contributed by atoms with Gasteiger partial charge in [0.05, 0.1) is 18.7 Å². The van der Waals surface area contributed by atoms with Gasteiger partial charge in [0.15, 0.2) is 11.5 Å². The van der Waals surface area contributed by atoms with Crippen LogP contribution in [0.15, 0.2) is 36.4 Å². The third-order valence-corrected chi connectivity index (χ3v) is 3.47. The van der Waals surface area contributed by atoms with Gasteiger partial charge in [-0.3, -0.25) is 9.59 Å². The van der Waals surface area contributed by atoms with Crippen LogP contribution in [0.3, 0.4) is 0 Å². The molecule has 24 heavy (non-hydrogen) atoms. The summed E-state index contributed by atoms with van der Waals surface area (Å²) in [7, 11) is 1.46. The van der Waals surface area contributed by atoms with Crippen molar-refractivity contribution in [3.63, 3.8) is 0 Å². The summed E-state index contributed by atoms with van der Waals surface area (Å²) in [5, 5.41) is 2.95. The second-order valence-corrected chi connectivity index (χ2v) is 5.23. The van der Waals surface area contributed by atoms with Crippen LogP contribution in [0.5, 0.6) is 11.5 Å². The third kappa shape index (κ3) is 3.97. The SMILES string of the molecule is CCOc1c(Cl)cc(C(=O)Nc2cccc(C(N)=O)c2)cc1OC. The number of primary amides is 1. The quantitative estimate of drug-likeness (QED) is 0.839. The molecule has 0 spiro atoms. The molecule has 0 unspecified atom stereocenters. The van der Waals surface area contributed by atoms with E-state index in [2.05, 4.69) is 5.32 Å². The van der Waals surface area contributed by atoms with E-state index in [-0.39, 0.29) is 5.02 Å². The Morgan fingerprint density at radius 2 is 1.96 bits per heavy atom. The molecule has 2 aromatic carbocycles. The molecule has 0 saturated carbocycles. The number of carbonyl (C=O) groups is 2. The summed E-state index contributed by atoms with van der Waals surface area (Å²) in [6.45, 7) is 2.24. The molecule has 126 valence electrons. The van der Waals surface area contributed by atoms with Crippen LogP contribution >= 0.6 is 11.6 Å². The van der Waals surface area contributed by atoms with Crippen LogP contribution in [-0.2, 0) is 0 Å². The van der Waals surface area contributed by atoms with Crippen LogP contribution < -0.4 is 20.5 Å². The number of hydrogen-bond acceptors (Lipinski definition) is 4. The fourth-order valence-electron chi connectivity index (χ4n) is 2.09. The van der Waals surface area contributed by atoms with Gasteiger partial charge in [-0.15, -0.1) is 0 Å². The molecule has 0 aliphatic carbocycles. The molecule has 6 nitrogen and oxygen atoms in total. The summed E-state index contributed by atoms with van der Waals surface area (Å²) in [5.41, 5.74) is 6.27. The van der Waals surface area contributed by atoms with Crippen molar-refractivity contribution in [2.75, 3.05) is 19.0 Å². The topological polar surface area (TPSA) is 90.6 Å². The van der Waals surface area contributed by atoms with Gasteiger partial charge in [-0.05, 0) is 37.3 Å². The van der Waals surface area contributed by atoms with E-state index in [1.54, 1.807) is 18.2 Å². The second kappa shape index (κ2) is 7.70. The lowest BCUT2D eigenvalue weighted by Crippen LogP contribution is -2.14. The summed E-state index contributed by atoms with van der Waals surface area (Å²) >= 11 is 6.16. The highest BCUT2D eigenvalue weighted by atomic mass is 35.5. The highest BCUT2D eigenvalue weighted by Crippen LogP contribution is 2.36. The molecular formula is C17H17ClN2O4. The number of anilines is 1. The van der Waals surface area contributed by atoms with Gasteiger partial charge in [0.25, 0.3) is 5.91 Å². The fraction of sp³-hybridized carbons (Fsp3) is 0.176. The number of halogens is 1. The number of amides is 2. The van der Waals surface area contributed by atoms with Gasteiger partial charge in [0, 0.05) is 16.8 Å². The zero-order chi connectivity index (χ0) is 17.7. The number of carbonyl (C=O) groups excluding carboxylic acids is 2. The predicted molar refractivity (Wildman–Crippen MR) is 92.1 cm³/mol. The third-order valence-electron chi connectivity index (χ3n) is 3.19. The Balaban J connectivity index is 2.28. The molecule has 2 amide bonds. The molecule has 0 bridgehead atoms. The summed E-state index contributed by atoms with van der Waals surface area (Å²) in [5.74, 6) is -0.230. The Morgan fingerprint density at radius 1 is 1.21 bits per heavy atom. The van der Waals surface area contributed by atoms with E-state index in [0.29, 0.717) is 34.9 Å². The first-order valence-electron chi connectivity index (χ1n) is 7.17. The molecule has 3 N–H and O–H groups in total. The predicted octanol–water partition coefficient (Wildman–Crippen LogP) is 3.10. The first-order valence-corrected chi connectivity index (χ1v) is 7.55. The van der Waals surface area contributed by atoms with Crippen molar-refractivity contribution >= 4 is 29.1 Å². The minimum atomic E-state index is -0.572. The minimum Gasteiger partial charge on any atom is -0.493 e. The number of hydrogen-bond donors (Lipinski definition) is 2. The first kappa shape index (κ1) is 17.6. The number of nitrogens with one attached hydrogen (secondary N) is 1. The molecule has 2 rings (SSSR count). The van der Waals surface area contributed by atoms with Crippen LogP contribution in [0.1, 0.15) is 27.6 Å². The Bertz CT molecular complexity index is 777. The number of methoxy groups -OCH3 is 1. The van der Waals surface area contributed by atoms with Crippen LogP contribution in [-0.4, -0.2) is 25.5 Å². The van der Waals surface area contributed by atoms with Crippen LogP contribution in [0.25, 0.3) is 0 Å². The van der Waals surface area contributed by atoms with Gasteiger partial charge in [0.1, 0.15) is 0 Å². The van der Waals surface area contributed by atoms with E-state index in [9.17, 15) is 9.59 Å². The van der Waals surface area contributed by atoms with Gasteiger partial charge in [-0.2, -0.15) is 0 Å². The molecule has 0 fully saturated rings. The van der Waals surface area contributed by atoms with Crippen LogP contribution in [0.2, 0.25) is 5.02 Å². The summed E-state index contributed by atoms with van der Waals surface area (Å²) in [6.07, 6.45) is 0. The summed E-state index contributed by atoms with van der Waals surface area (Å²) in [4.78, 5) is 23.6. The van der Waals surface area contributed by atoms with Gasteiger partial charge in [-0.1, -0.05) is 17.7 Å². The standard InChI is InChI=1S/C17H17ClN2O4/c1-3-24-15-13(18)8-11(9-14(15)23-2)17(22)20-12-6-4-5-10(7-12)16(19)21/h4-9H,3H2,1-2H3,(H2,19,21)(H,20,22). The number of benzene rings is 2. The lowest BCUT2D eigenvalue weighted by atomic mass is 10.1. The summed E-state index contributed by atoms with van der Waals surface area (Å²) < 4.78 is 10.6. The number of ether oxygens (including phenoxy) is 2. The van der Waals surface area contributed by atoms with Crippen molar-refractivity contribution in [3.8, 4) is 11.5 Å².